The SMILES string of the molecule is CCCCC/C=C\C/C=C\CCCCCCCC(=O)NCC(COC(=O)OCCCN(CC)CC)COC(=O)C(C)(C)C(C)(C)C(=O)OC(CCCCCCCC)CCCCCCCC. The molecular formula is C55H102N2O8. The van der Waals surface area contributed by atoms with Crippen LogP contribution in [0.1, 0.15) is 236 Å². The van der Waals surface area contributed by atoms with E-state index in [1.165, 1.54) is 77.0 Å². The third-order valence-electron chi connectivity index (χ3n) is 13.2. The molecule has 0 bridgehead atoms. The number of ether oxygens (including phenoxy) is 4. The van der Waals surface area contributed by atoms with Crippen LogP contribution in [-0.4, -0.2) is 81.0 Å². The fourth-order valence-electron chi connectivity index (χ4n) is 7.57. The molecule has 1 N–H and O–H groups in total. The Labute approximate surface area is 399 Å². The van der Waals surface area contributed by atoms with Gasteiger partial charge in [-0.1, -0.05) is 155 Å². The summed E-state index contributed by atoms with van der Waals surface area (Å²) in [5, 5.41) is 2.97. The Kier molecular flexibility index (Phi) is 39.5. The number of allylic oxidation sites excluding steroid dienone is 4. The highest BCUT2D eigenvalue weighted by Gasteiger charge is 2.51. The van der Waals surface area contributed by atoms with Crippen LogP contribution >= 0.6 is 0 Å². The van der Waals surface area contributed by atoms with E-state index < -0.39 is 34.8 Å². The fraction of sp³-hybridized carbons (Fsp3) is 0.855. The minimum absolute atomic E-state index is 0.0910. The maximum atomic E-state index is 13.9. The Hall–Kier alpha value is -2.88. The zero-order chi connectivity index (χ0) is 48.4. The molecule has 0 heterocycles. The van der Waals surface area contributed by atoms with Crippen molar-refractivity contribution in [3.05, 3.63) is 24.3 Å². The maximum Gasteiger partial charge on any atom is 0.508 e. The molecule has 380 valence electrons. The van der Waals surface area contributed by atoms with Gasteiger partial charge < -0.3 is 29.2 Å². The molecule has 10 nitrogen and oxygen atoms in total. The highest BCUT2D eigenvalue weighted by Crippen LogP contribution is 2.41. The van der Waals surface area contributed by atoms with Crippen molar-refractivity contribution in [3.63, 3.8) is 0 Å². The Morgan fingerprint density at radius 3 is 1.58 bits per heavy atom. The van der Waals surface area contributed by atoms with Crippen molar-refractivity contribution in [2.24, 2.45) is 16.7 Å². The van der Waals surface area contributed by atoms with Gasteiger partial charge in [-0.3, -0.25) is 14.4 Å². The summed E-state index contributed by atoms with van der Waals surface area (Å²) < 4.78 is 22.9. The molecule has 0 aliphatic heterocycles. The molecule has 0 aliphatic rings. The van der Waals surface area contributed by atoms with Crippen molar-refractivity contribution in [3.8, 4) is 0 Å². The molecule has 0 aromatic rings. The monoisotopic (exact) mass is 919 g/mol. The van der Waals surface area contributed by atoms with Crippen LogP contribution in [0.3, 0.4) is 0 Å². The molecule has 0 aliphatic carbocycles. The Bertz CT molecular complexity index is 1230. The van der Waals surface area contributed by atoms with Gasteiger partial charge in [0.15, 0.2) is 0 Å². The molecule has 0 spiro atoms. The lowest BCUT2D eigenvalue weighted by atomic mass is 9.68. The molecule has 65 heavy (non-hydrogen) atoms. The highest BCUT2D eigenvalue weighted by atomic mass is 16.7. The summed E-state index contributed by atoms with van der Waals surface area (Å²) in [7, 11) is 0. The van der Waals surface area contributed by atoms with Gasteiger partial charge in [0.05, 0.1) is 24.0 Å². The van der Waals surface area contributed by atoms with Gasteiger partial charge in [-0.05, 0) is 111 Å². The normalized spacial score (nSPS) is 12.7. The van der Waals surface area contributed by atoms with Crippen LogP contribution in [0.2, 0.25) is 0 Å². The van der Waals surface area contributed by atoms with Crippen LogP contribution in [0.25, 0.3) is 0 Å². The molecule has 1 unspecified atom stereocenters. The first kappa shape index (κ1) is 62.1. The van der Waals surface area contributed by atoms with Gasteiger partial charge in [0.1, 0.15) is 12.7 Å². The summed E-state index contributed by atoms with van der Waals surface area (Å²) in [6, 6.07) is 0. The van der Waals surface area contributed by atoms with Crippen molar-refractivity contribution in [1.29, 1.82) is 0 Å². The number of nitrogens with zero attached hydrogens (tertiary/aromatic N) is 1. The molecule has 1 amide bonds. The first-order chi connectivity index (χ1) is 31.3. The van der Waals surface area contributed by atoms with E-state index in [0.717, 1.165) is 103 Å². The standard InChI is InChI=1S/C55H102N2O8/c1-10-15-18-21-24-25-26-27-28-29-30-31-32-35-38-42-50(58)56-45-48(47-64-53(61)62-44-39-43-57(13-4)14-5)46-63-51(59)54(6,7)55(8,9)52(60)65-49(40-36-33-22-19-16-11-2)41-37-34-23-20-17-12-3/h24-25,27-28,48-49H,10-23,26,29-47H2,1-9H3,(H,56,58)/b25-24-,28-27-. The van der Waals surface area contributed by atoms with Crippen molar-refractivity contribution < 1.29 is 38.1 Å². The minimum Gasteiger partial charge on any atom is -0.465 e. The van der Waals surface area contributed by atoms with Crippen LogP contribution in [0.15, 0.2) is 24.3 Å². The third-order valence-corrected chi connectivity index (χ3v) is 13.2. The second-order valence-corrected chi connectivity index (χ2v) is 19.4. The number of carbonyl (C=O) groups is 4. The number of esters is 2. The molecule has 0 rings (SSSR count). The molecule has 0 saturated heterocycles. The fourth-order valence-corrected chi connectivity index (χ4v) is 7.57. The number of carbonyl (C=O) groups excluding carboxylic acids is 4. The molecular weight excluding hydrogens is 817 g/mol. The number of amides is 1. The summed E-state index contributed by atoms with van der Waals surface area (Å²) in [6.07, 6.45) is 37.1. The van der Waals surface area contributed by atoms with Crippen LogP contribution < -0.4 is 5.32 Å². The van der Waals surface area contributed by atoms with Crippen LogP contribution in [0.4, 0.5) is 4.79 Å². The van der Waals surface area contributed by atoms with E-state index in [1.807, 2.05) is 0 Å². The molecule has 1 atom stereocenters. The molecule has 0 aromatic heterocycles. The van der Waals surface area contributed by atoms with Crippen LogP contribution in [0.5, 0.6) is 0 Å². The Morgan fingerprint density at radius 2 is 1.02 bits per heavy atom. The summed E-state index contributed by atoms with van der Waals surface area (Å²) in [5.74, 6) is -1.55. The summed E-state index contributed by atoms with van der Waals surface area (Å²) in [5.41, 5.74) is -2.41. The molecule has 0 aromatic carbocycles. The van der Waals surface area contributed by atoms with E-state index in [4.69, 9.17) is 18.9 Å². The van der Waals surface area contributed by atoms with Crippen molar-refractivity contribution in [2.75, 3.05) is 46.0 Å². The average molecular weight is 919 g/mol. The van der Waals surface area contributed by atoms with Crippen LogP contribution in [0, 0.1) is 16.7 Å². The maximum absolute atomic E-state index is 13.9. The van der Waals surface area contributed by atoms with Crippen molar-refractivity contribution in [1.82, 2.24) is 10.2 Å². The van der Waals surface area contributed by atoms with E-state index in [2.05, 4.69) is 69.1 Å². The summed E-state index contributed by atoms with van der Waals surface area (Å²) in [4.78, 5) is 55.5. The second kappa shape index (κ2) is 41.3. The van der Waals surface area contributed by atoms with Gasteiger partial charge in [-0.2, -0.15) is 0 Å². The van der Waals surface area contributed by atoms with Gasteiger partial charge in [-0.15, -0.1) is 0 Å². The first-order valence-corrected chi connectivity index (χ1v) is 26.8. The largest absolute Gasteiger partial charge is 0.508 e. The van der Waals surface area contributed by atoms with Gasteiger partial charge in [0.2, 0.25) is 5.91 Å². The van der Waals surface area contributed by atoms with Crippen molar-refractivity contribution >= 4 is 24.0 Å². The highest BCUT2D eigenvalue weighted by molar-refractivity contribution is 5.87. The van der Waals surface area contributed by atoms with Crippen molar-refractivity contribution in [2.45, 2.75) is 242 Å². The zero-order valence-electron chi connectivity index (χ0n) is 43.7. The summed E-state index contributed by atoms with van der Waals surface area (Å²) >= 11 is 0. The lowest BCUT2D eigenvalue weighted by Gasteiger charge is -2.38. The molecule has 10 heteroatoms. The van der Waals surface area contributed by atoms with E-state index >= 15 is 0 Å². The number of rotatable bonds is 44. The predicted molar refractivity (Wildman–Crippen MR) is 270 cm³/mol. The molecule has 0 saturated carbocycles. The quantitative estimate of drug-likeness (QED) is 0.0276. The Morgan fingerprint density at radius 1 is 0.538 bits per heavy atom. The first-order valence-electron chi connectivity index (χ1n) is 26.8. The van der Waals surface area contributed by atoms with Gasteiger partial charge in [0, 0.05) is 25.4 Å². The minimum atomic E-state index is -1.23. The lowest BCUT2D eigenvalue weighted by molar-refractivity contribution is -0.180. The average Bonchev–Trinajstić information content (AvgIpc) is 3.29. The van der Waals surface area contributed by atoms with E-state index in [-0.39, 0.29) is 38.4 Å². The number of nitrogens with one attached hydrogen (secondary N) is 1. The Balaban J connectivity index is 5.33. The molecule has 0 radical (unpaired) electrons. The van der Waals surface area contributed by atoms with E-state index in [1.54, 1.807) is 27.7 Å². The van der Waals surface area contributed by atoms with E-state index in [0.29, 0.717) is 12.8 Å². The van der Waals surface area contributed by atoms with Crippen LogP contribution in [-0.2, 0) is 33.3 Å². The number of unbranched alkanes of at least 4 members (excludes halogenated alkanes) is 18. The van der Waals surface area contributed by atoms with E-state index in [9.17, 15) is 19.2 Å². The lowest BCUT2D eigenvalue weighted by Crippen LogP contribution is -2.48. The third kappa shape index (κ3) is 32.5. The van der Waals surface area contributed by atoms with Gasteiger partial charge in [-0.25, -0.2) is 4.79 Å². The smallest absolute Gasteiger partial charge is 0.465 e. The zero-order valence-corrected chi connectivity index (χ0v) is 43.7. The predicted octanol–water partition coefficient (Wildman–Crippen LogP) is 14.4. The van der Waals surface area contributed by atoms with Gasteiger partial charge in [0.25, 0.3) is 0 Å². The molecule has 0 fully saturated rings. The second-order valence-electron chi connectivity index (χ2n) is 19.4. The topological polar surface area (TPSA) is 120 Å². The summed E-state index contributed by atoms with van der Waals surface area (Å²) in [6.45, 7) is 20.7. The number of hydrogen-bond acceptors (Lipinski definition) is 9. The number of hydrogen-bond donors (Lipinski definition) is 1. The van der Waals surface area contributed by atoms with Gasteiger partial charge >= 0.3 is 18.1 Å².